The first kappa shape index (κ1) is 15.9. The zero-order chi connectivity index (χ0) is 17.4. The highest BCUT2D eigenvalue weighted by atomic mass is 16.5. The summed E-state index contributed by atoms with van der Waals surface area (Å²) in [5, 5.41) is 9.39. The summed E-state index contributed by atoms with van der Waals surface area (Å²) in [5.74, 6) is -0.530. The van der Waals surface area contributed by atoms with Crippen molar-refractivity contribution in [3.63, 3.8) is 0 Å². The van der Waals surface area contributed by atoms with Crippen LogP contribution in [0.4, 0.5) is 0 Å². The number of nitrogens with zero attached hydrogens (tertiary/aromatic N) is 4. The molecule has 1 aromatic carbocycles. The molecular weight excluding hydrogens is 308 g/mol. The molecule has 7 heteroatoms. The zero-order valence-corrected chi connectivity index (χ0v) is 14.0. The quantitative estimate of drug-likeness (QED) is 0.684. The van der Waals surface area contributed by atoms with Crippen LogP contribution in [0.25, 0.3) is 16.6 Å². The van der Waals surface area contributed by atoms with Crippen molar-refractivity contribution < 1.29 is 9.53 Å². The van der Waals surface area contributed by atoms with Crippen molar-refractivity contribution in [1.82, 2.24) is 19.6 Å². The Morgan fingerprint density at radius 2 is 1.79 bits per heavy atom. The van der Waals surface area contributed by atoms with Crippen molar-refractivity contribution in [3.8, 4) is 5.69 Å². The Labute approximate surface area is 138 Å². The molecular formula is C17H18N4O3. The molecule has 0 aliphatic carbocycles. The number of rotatable bonds is 3. The Bertz CT molecular complexity index is 984. The first-order valence-corrected chi connectivity index (χ1v) is 7.53. The lowest BCUT2D eigenvalue weighted by Gasteiger charge is -2.05. The summed E-state index contributed by atoms with van der Waals surface area (Å²) in [6, 6.07) is 7.87. The average molecular weight is 326 g/mol. The van der Waals surface area contributed by atoms with Gasteiger partial charge in [0.1, 0.15) is 6.54 Å². The fourth-order valence-corrected chi connectivity index (χ4v) is 2.72. The molecule has 24 heavy (non-hydrogen) atoms. The van der Waals surface area contributed by atoms with Gasteiger partial charge in [0.15, 0.2) is 5.52 Å². The summed E-state index contributed by atoms with van der Waals surface area (Å²) in [5.41, 5.74) is 3.38. The molecule has 0 bridgehead atoms. The number of hydrogen-bond acceptors (Lipinski definition) is 5. The van der Waals surface area contributed by atoms with E-state index in [1.807, 2.05) is 38.1 Å². The number of hydrogen-bond donors (Lipinski definition) is 0. The van der Waals surface area contributed by atoms with Crippen molar-refractivity contribution in [2.75, 3.05) is 7.11 Å². The molecule has 0 saturated carbocycles. The normalized spacial score (nSPS) is 11.0. The van der Waals surface area contributed by atoms with Crippen LogP contribution in [0.1, 0.15) is 17.0 Å². The molecule has 0 N–H and O–H groups in total. The van der Waals surface area contributed by atoms with E-state index in [9.17, 15) is 9.59 Å². The maximum atomic E-state index is 12.6. The second-order valence-corrected chi connectivity index (χ2v) is 5.68. The fraction of sp³-hybridized carbons (Fsp3) is 0.294. The van der Waals surface area contributed by atoms with Gasteiger partial charge in [0, 0.05) is 0 Å². The second kappa shape index (κ2) is 5.92. The Balaban J connectivity index is 2.22. The van der Waals surface area contributed by atoms with Gasteiger partial charge < -0.3 is 4.74 Å². The molecule has 3 aromatic rings. The van der Waals surface area contributed by atoms with Gasteiger partial charge >= 0.3 is 5.97 Å². The van der Waals surface area contributed by atoms with Gasteiger partial charge in [0.25, 0.3) is 5.56 Å². The summed E-state index contributed by atoms with van der Waals surface area (Å²) in [6.45, 7) is 5.47. The monoisotopic (exact) mass is 326 g/mol. The topological polar surface area (TPSA) is 79.0 Å². The van der Waals surface area contributed by atoms with Crippen LogP contribution in [0, 0.1) is 20.8 Å². The zero-order valence-electron chi connectivity index (χ0n) is 14.0. The van der Waals surface area contributed by atoms with Gasteiger partial charge in [-0.25, -0.2) is 9.36 Å². The van der Waals surface area contributed by atoms with E-state index in [4.69, 9.17) is 0 Å². The number of carbonyl (C=O) groups is 1. The molecule has 3 rings (SSSR count). The number of methoxy groups -OCH3 is 1. The Morgan fingerprint density at radius 3 is 2.42 bits per heavy atom. The maximum Gasteiger partial charge on any atom is 0.327 e. The molecule has 0 spiro atoms. The highest BCUT2D eigenvalue weighted by molar-refractivity contribution is 5.83. The van der Waals surface area contributed by atoms with Gasteiger partial charge in [-0.05, 0) is 32.9 Å². The molecule has 0 amide bonds. The SMILES string of the molecule is COC(=O)Cn1nc(C)c2c(C)n(-c3ccc(C)cc3)nc2c1=O. The first-order valence-electron chi connectivity index (χ1n) is 7.53. The Hall–Kier alpha value is -2.96. The molecule has 0 atom stereocenters. The van der Waals surface area contributed by atoms with Crippen molar-refractivity contribution in [2.24, 2.45) is 0 Å². The van der Waals surface area contributed by atoms with E-state index in [0.717, 1.165) is 21.6 Å². The van der Waals surface area contributed by atoms with E-state index < -0.39 is 11.5 Å². The molecule has 2 heterocycles. The van der Waals surface area contributed by atoms with Crippen LogP contribution in [0.5, 0.6) is 0 Å². The smallest absolute Gasteiger partial charge is 0.327 e. The third kappa shape index (κ3) is 2.58. The first-order chi connectivity index (χ1) is 11.4. The molecule has 0 radical (unpaired) electrons. The minimum atomic E-state index is -0.530. The van der Waals surface area contributed by atoms with Crippen LogP contribution in [0.3, 0.4) is 0 Å². The van der Waals surface area contributed by atoms with E-state index in [0.29, 0.717) is 16.6 Å². The predicted molar refractivity (Wildman–Crippen MR) is 89.4 cm³/mol. The molecule has 0 fully saturated rings. The lowest BCUT2D eigenvalue weighted by Crippen LogP contribution is -2.28. The summed E-state index contributed by atoms with van der Waals surface area (Å²) in [4.78, 5) is 24.1. The minimum Gasteiger partial charge on any atom is -0.468 e. The number of aryl methyl sites for hydroxylation is 3. The Morgan fingerprint density at radius 1 is 1.12 bits per heavy atom. The summed E-state index contributed by atoms with van der Waals surface area (Å²) < 4.78 is 7.42. The third-order valence-electron chi connectivity index (χ3n) is 3.97. The van der Waals surface area contributed by atoms with E-state index in [1.54, 1.807) is 11.6 Å². The second-order valence-electron chi connectivity index (χ2n) is 5.68. The highest BCUT2D eigenvalue weighted by Gasteiger charge is 2.18. The largest absolute Gasteiger partial charge is 0.468 e. The lowest BCUT2D eigenvalue weighted by molar-refractivity contribution is -0.141. The maximum absolute atomic E-state index is 12.6. The standard InChI is InChI=1S/C17H18N4O3/c1-10-5-7-13(8-6-10)21-12(3)15-11(2)18-20(9-14(22)24-4)17(23)16(15)19-21/h5-8H,9H2,1-4H3. The van der Waals surface area contributed by atoms with Gasteiger partial charge in [0.2, 0.25) is 0 Å². The van der Waals surface area contributed by atoms with Crippen LogP contribution in [0.2, 0.25) is 0 Å². The molecule has 7 nitrogen and oxygen atoms in total. The van der Waals surface area contributed by atoms with Gasteiger partial charge in [-0.1, -0.05) is 17.7 Å². The number of carbonyl (C=O) groups excluding carboxylic acids is 1. The molecule has 0 aliphatic heterocycles. The van der Waals surface area contributed by atoms with Crippen LogP contribution in [-0.4, -0.2) is 32.6 Å². The van der Waals surface area contributed by atoms with Crippen molar-refractivity contribution in [1.29, 1.82) is 0 Å². The number of ether oxygens (including phenoxy) is 1. The lowest BCUT2D eigenvalue weighted by atomic mass is 10.2. The van der Waals surface area contributed by atoms with Crippen LogP contribution in [0.15, 0.2) is 29.1 Å². The molecule has 0 saturated heterocycles. The van der Waals surface area contributed by atoms with Gasteiger partial charge in [-0.15, -0.1) is 0 Å². The number of aromatic nitrogens is 4. The molecule has 0 aliphatic rings. The summed E-state index contributed by atoms with van der Waals surface area (Å²) >= 11 is 0. The van der Waals surface area contributed by atoms with Crippen molar-refractivity contribution in [2.45, 2.75) is 27.3 Å². The van der Waals surface area contributed by atoms with Crippen molar-refractivity contribution >= 4 is 16.9 Å². The van der Waals surface area contributed by atoms with Crippen LogP contribution < -0.4 is 5.56 Å². The van der Waals surface area contributed by atoms with E-state index in [1.165, 1.54) is 7.11 Å². The summed E-state index contributed by atoms with van der Waals surface area (Å²) in [7, 11) is 1.27. The highest BCUT2D eigenvalue weighted by Crippen LogP contribution is 2.21. The predicted octanol–water partition coefficient (Wildman–Crippen LogP) is 1.68. The van der Waals surface area contributed by atoms with Gasteiger partial charge in [-0.2, -0.15) is 10.2 Å². The van der Waals surface area contributed by atoms with Gasteiger partial charge in [-0.3, -0.25) is 9.59 Å². The van der Waals surface area contributed by atoms with E-state index in [2.05, 4.69) is 14.9 Å². The Kier molecular flexibility index (Phi) is 3.92. The number of esters is 1. The fourth-order valence-electron chi connectivity index (χ4n) is 2.72. The number of benzene rings is 1. The van der Waals surface area contributed by atoms with E-state index >= 15 is 0 Å². The minimum absolute atomic E-state index is 0.234. The average Bonchev–Trinajstić information content (AvgIpc) is 2.91. The number of fused-ring (bicyclic) bond motifs is 1. The summed E-state index contributed by atoms with van der Waals surface area (Å²) in [6.07, 6.45) is 0. The van der Waals surface area contributed by atoms with E-state index in [-0.39, 0.29) is 6.54 Å². The van der Waals surface area contributed by atoms with Crippen molar-refractivity contribution in [3.05, 3.63) is 51.6 Å². The molecule has 0 unspecified atom stereocenters. The third-order valence-corrected chi connectivity index (χ3v) is 3.97. The molecule has 124 valence electrons. The molecule has 2 aromatic heterocycles. The van der Waals surface area contributed by atoms with Crippen LogP contribution in [-0.2, 0) is 16.1 Å². The van der Waals surface area contributed by atoms with Crippen LogP contribution >= 0.6 is 0 Å². The van der Waals surface area contributed by atoms with Gasteiger partial charge in [0.05, 0.1) is 29.6 Å².